The van der Waals surface area contributed by atoms with E-state index in [2.05, 4.69) is 47.7 Å². The normalized spacial score (nSPS) is 18.4. The molecule has 202 valence electrons. The monoisotopic (exact) mass is 517 g/mol. The number of nitrogens with two attached hydrogens (primary N) is 1. The number of carbonyl (C=O) groups is 1. The Morgan fingerprint density at radius 1 is 1.05 bits per heavy atom. The molecule has 8 heteroatoms. The van der Waals surface area contributed by atoms with Gasteiger partial charge in [0.15, 0.2) is 0 Å². The number of fused-ring (bicyclic) bond motifs is 2. The Bertz CT molecular complexity index is 1290. The van der Waals surface area contributed by atoms with Gasteiger partial charge in [-0.2, -0.15) is 0 Å². The highest BCUT2D eigenvalue weighted by atomic mass is 16.6. The lowest BCUT2D eigenvalue weighted by atomic mass is 10.00. The topological polar surface area (TPSA) is 85.8 Å². The molecular formula is C30H39N5O3. The molecule has 0 saturated carbocycles. The van der Waals surface area contributed by atoms with Gasteiger partial charge in [-0.15, -0.1) is 0 Å². The molecule has 2 N–H and O–H groups in total. The van der Waals surface area contributed by atoms with Gasteiger partial charge in [0.25, 0.3) is 0 Å². The number of nitrogens with zero attached hydrogens (tertiary/aromatic N) is 4. The van der Waals surface area contributed by atoms with E-state index in [0.717, 1.165) is 66.7 Å². The minimum atomic E-state index is -0.620. The number of imidazole rings is 1. The summed E-state index contributed by atoms with van der Waals surface area (Å²) in [6, 6.07) is 16.2. The molecule has 0 bridgehead atoms. The summed E-state index contributed by atoms with van der Waals surface area (Å²) < 4.78 is 14.6. The number of hydrogen-bond donors (Lipinski definition) is 1. The first-order valence-corrected chi connectivity index (χ1v) is 13.5. The van der Waals surface area contributed by atoms with Crippen LogP contribution >= 0.6 is 0 Å². The van der Waals surface area contributed by atoms with E-state index in [1.807, 2.05) is 45.0 Å². The van der Waals surface area contributed by atoms with Crippen LogP contribution in [0.15, 0.2) is 48.5 Å². The summed E-state index contributed by atoms with van der Waals surface area (Å²) in [6.07, 6.45) is 2.39. The highest BCUT2D eigenvalue weighted by molar-refractivity contribution is 5.87. The Morgan fingerprint density at radius 2 is 1.74 bits per heavy atom. The van der Waals surface area contributed by atoms with Crippen molar-refractivity contribution >= 4 is 11.8 Å². The van der Waals surface area contributed by atoms with Crippen molar-refractivity contribution < 1.29 is 14.3 Å². The van der Waals surface area contributed by atoms with E-state index < -0.39 is 11.7 Å². The summed E-state index contributed by atoms with van der Waals surface area (Å²) in [5.41, 5.74) is 5.47. The molecule has 1 atom stereocenters. The van der Waals surface area contributed by atoms with Crippen molar-refractivity contribution in [3.8, 4) is 11.3 Å². The van der Waals surface area contributed by atoms with Gasteiger partial charge in [-0.3, -0.25) is 0 Å². The number of aryl methyl sites for hydroxylation is 1. The average Bonchev–Trinajstić information content (AvgIpc) is 3.13. The molecule has 8 nitrogen and oxygen atoms in total. The molecule has 3 aromatic rings. The molecule has 1 unspecified atom stereocenters. The van der Waals surface area contributed by atoms with Crippen molar-refractivity contribution in [3.63, 3.8) is 0 Å². The summed E-state index contributed by atoms with van der Waals surface area (Å²) in [6.45, 7) is 10.5. The predicted molar refractivity (Wildman–Crippen MR) is 149 cm³/mol. The van der Waals surface area contributed by atoms with Gasteiger partial charge < -0.3 is 18.9 Å². The van der Waals surface area contributed by atoms with E-state index in [1.165, 1.54) is 11.1 Å². The third-order valence-corrected chi connectivity index (χ3v) is 7.43. The smallest absolute Gasteiger partial charge is 0.429 e. The van der Waals surface area contributed by atoms with E-state index >= 15 is 0 Å². The molecule has 2 aliphatic rings. The van der Waals surface area contributed by atoms with E-state index in [9.17, 15) is 4.79 Å². The standard InChI is InChI=1S/C30H39N5O3/c1-20-26(22-10-12-23(13-11-22)35(31)29(36)38-30(2,3)4)32-28-27(37-24-15-17-33(5)18-16-24)25-9-7-6-8-21(25)14-19-34(20)28/h6-13,24,27H,14-19,31H2,1-5H3. The fourth-order valence-electron chi connectivity index (χ4n) is 5.34. The first-order chi connectivity index (χ1) is 18.1. The Labute approximate surface area is 225 Å². The Balaban J connectivity index is 1.45. The lowest BCUT2D eigenvalue weighted by Crippen LogP contribution is -2.41. The van der Waals surface area contributed by atoms with Crippen LogP contribution in [0.25, 0.3) is 11.3 Å². The number of rotatable bonds is 4. The maximum atomic E-state index is 12.4. The number of hydrazine groups is 1. The molecule has 1 saturated heterocycles. The molecule has 1 fully saturated rings. The summed E-state index contributed by atoms with van der Waals surface area (Å²) in [4.78, 5) is 19.9. The second-order valence-electron chi connectivity index (χ2n) is 11.4. The molecule has 2 aromatic carbocycles. The zero-order valence-corrected chi connectivity index (χ0v) is 23.1. The maximum Gasteiger partial charge on any atom is 0.429 e. The van der Waals surface area contributed by atoms with Crippen LogP contribution in [0.2, 0.25) is 0 Å². The van der Waals surface area contributed by atoms with E-state index in [0.29, 0.717) is 5.69 Å². The van der Waals surface area contributed by atoms with Gasteiger partial charge in [-0.1, -0.05) is 36.4 Å². The van der Waals surface area contributed by atoms with Crippen LogP contribution in [0.4, 0.5) is 10.5 Å². The van der Waals surface area contributed by atoms with Gasteiger partial charge in [-0.05, 0) is 77.3 Å². The fraction of sp³-hybridized carbons (Fsp3) is 0.467. The zero-order chi connectivity index (χ0) is 27.0. The number of anilines is 1. The van der Waals surface area contributed by atoms with Crippen LogP contribution in [0.3, 0.4) is 0 Å². The van der Waals surface area contributed by atoms with Gasteiger partial charge in [0.2, 0.25) is 0 Å². The van der Waals surface area contributed by atoms with Gasteiger partial charge in [0.1, 0.15) is 17.5 Å². The number of benzene rings is 2. The van der Waals surface area contributed by atoms with Crippen LogP contribution in [0.1, 0.15) is 62.4 Å². The second-order valence-corrected chi connectivity index (χ2v) is 11.4. The number of carbonyl (C=O) groups excluding carboxylic acids is 1. The quantitative estimate of drug-likeness (QED) is 0.290. The van der Waals surface area contributed by atoms with Crippen molar-refractivity contribution in [3.05, 3.63) is 71.2 Å². The summed E-state index contributed by atoms with van der Waals surface area (Å²) in [5, 5.41) is 1.03. The molecule has 38 heavy (non-hydrogen) atoms. The Hall–Kier alpha value is -3.20. The second kappa shape index (κ2) is 10.5. The van der Waals surface area contributed by atoms with Crippen molar-refractivity contribution in [2.45, 2.75) is 71.3 Å². The van der Waals surface area contributed by atoms with E-state index in [1.54, 1.807) is 0 Å². The largest absolute Gasteiger partial charge is 0.442 e. The van der Waals surface area contributed by atoms with Crippen molar-refractivity contribution in [1.82, 2.24) is 14.5 Å². The highest BCUT2D eigenvalue weighted by Crippen LogP contribution is 2.37. The highest BCUT2D eigenvalue weighted by Gasteiger charge is 2.32. The maximum absolute atomic E-state index is 12.4. The molecule has 1 amide bonds. The number of piperidine rings is 1. The van der Waals surface area contributed by atoms with Gasteiger partial charge >= 0.3 is 6.09 Å². The molecule has 2 aliphatic heterocycles. The molecular weight excluding hydrogens is 478 g/mol. The third-order valence-electron chi connectivity index (χ3n) is 7.43. The first kappa shape index (κ1) is 26.4. The third kappa shape index (κ3) is 5.48. The lowest BCUT2D eigenvalue weighted by molar-refractivity contribution is -0.0276. The summed E-state index contributed by atoms with van der Waals surface area (Å²) >= 11 is 0. The van der Waals surface area contributed by atoms with Crippen LogP contribution in [-0.2, 0) is 22.4 Å². The number of likely N-dealkylation sites (tertiary alicyclic amines) is 1. The number of hydrogen-bond acceptors (Lipinski definition) is 6. The Kier molecular flexibility index (Phi) is 7.31. The minimum absolute atomic E-state index is 0.207. The van der Waals surface area contributed by atoms with Crippen molar-refractivity contribution in [1.29, 1.82) is 0 Å². The number of amides is 1. The van der Waals surface area contributed by atoms with Gasteiger partial charge in [-0.25, -0.2) is 20.6 Å². The van der Waals surface area contributed by atoms with Crippen molar-refractivity contribution in [2.24, 2.45) is 5.84 Å². The summed E-state index contributed by atoms with van der Waals surface area (Å²) in [5.74, 6) is 7.00. The predicted octanol–water partition coefficient (Wildman–Crippen LogP) is 5.23. The van der Waals surface area contributed by atoms with Gasteiger partial charge in [0.05, 0.1) is 17.5 Å². The van der Waals surface area contributed by atoms with Crippen LogP contribution < -0.4 is 10.9 Å². The zero-order valence-electron chi connectivity index (χ0n) is 23.1. The lowest BCUT2D eigenvalue weighted by Gasteiger charge is -2.32. The van der Waals surface area contributed by atoms with E-state index in [-0.39, 0.29) is 12.2 Å². The number of ether oxygens (including phenoxy) is 2. The summed E-state index contributed by atoms with van der Waals surface area (Å²) in [7, 11) is 2.17. The minimum Gasteiger partial charge on any atom is -0.442 e. The molecule has 0 spiro atoms. The first-order valence-electron chi connectivity index (χ1n) is 13.5. The SMILES string of the molecule is Cc1c(-c2ccc(N(N)C(=O)OC(C)(C)C)cc2)nc2n1CCc1ccccc1C2OC1CCN(C)CC1. The van der Waals surface area contributed by atoms with Crippen LogP contribution in [0.5, 0.6) is 0 Å². The molecule has 0 radical (unpaired) electrons. The van der Waals surface area contributed by atoms with Crippen LogP contribution in [-0.4, -0.2) is 52.4 Å². The average molecular weight is 518 g/mol. The Morgan fingerprint density at radius 3 is 2.42 bits per heavy atom. The molecule has 1 aromatic heterocycles. The van der Waals surface area contributed by atoms with Gasteiger partial charge in [0, 0.05) is 30.9 Å². The molecule has 0 aliphatic carbocycles. The van der Waals surface area contributed by atoms with Crippen molar-refractivity contribution in [2.75, 3.05) is 25.1 Å². The van der Waals surface area contributed by atoms with E-state index in [4.69, 9.17) is 20.3 Å². The molecule has 5 rings (SSSR count). The molecule has 3 heterocycles. The number of aromatic nitrogens is 2. The van der Waals surface area contributed by atoms with Crippen LogP contribution in [0, 0.1) is 6.92 Å². The fourth-order valence-corrected chi connectivity index (χ4v) is 5.34.